The minimum Gasteiger partial charge on any atom is -0.299 e. The molecule has 0 spiro atoms. The lowest BCUT2D eigenvalue weighted by molar-refractivity contribution is -0.125. The normalized spacial score (nSPS) is 29.4. The lowest BCUT2D eigenvalue weighted by Gasteiger charge is -2.42. The van der Waals surface area contributed by atoms with Crippen LogP contribution in [0.4, 0.5) is 0 Å². The quantitative estimate of drug-likeness (QED) is 0.625. The van der Waals surface area contributed by atoms with E-state index in [1.807, 2.05) is 36.4 Å². The molecule has 156 valence electrons. The average molecular weight is 408 g/mol. The number of nitrogens with zero attached hydrogens (tertiary/aromatic N) is 1. The fraction of sp³-hybridized carbons (Fsp3) is 0.345. The topological polar surface area (TPSA) is 20.3 Å². The third-order valence-electron chi connectivity index (χ3n) is 7.78. The molecule has 0 aliphatic heterocycles. The van der Waals surface area contributed by atoms with E-state index in [0.29, 0.717) is 18.1 Å². The largest absolute Gasteiger partial charge is 0.299 e. The van der Waals surface area contributed by atoms with Crippen LogP contribution in [-0.2, 0) is 4.79 Å². The van der Waals surface area contributed by atoms with Gasteiger partial charge in [-0.15, -0.1) is 0 Å². The summed E-state index contributed by atoms with van der Waals surface area (Å²) >= 11 is 0. The van der Waals surface area contributed by atoms with Crippen molar-refractivity contribution < 1.29 is 4.79 Å². The minimum absolute atomic E-state index is 0.229. The van der Waals surface area contributed by atoms with Gasteiger partial charge in [-0.2, -0.15) is 0 Å². The SMILES string of the molecule is CN(C)[C@@]12CC(=O)[C@]3(CCCC[C@H]31)C(c1ccccc1)=C2/C=C/C#Cc1ccccc1. The zero-order valence-electron chi connectivity index (χ0n) is 18.4. The number of hydrogen-bond donors (Lipinski definition) is 0. The van der Waals surface area contributed by atoms with Crippen molar-refractivity contribution in [3.63, 3.8) is 0 Å². The van der Waals surface area contributed by atoms with E-state index in [2.05, 4.69) is 67.2 Å². The van der Waals surface area contributed by atoms with Crippen molar-refractivity contribution in [2.75, 3.05) is 14.1 Å². The molecular weight excluding hydrogens is 378 g/mol. The highest BCUT2D eigenvalue weighted by molar-refractivity contribution is 6.07. The number of rotatable bonds is 3. The number of ketones is 1. The Morgan fingerprint density at radius 3 is 2.42 bits per heavy atom. The monoisotopic (exact) mass is 407 g/mol. The fourth-order valence-corrected chi connectivity index (χ4v) is 6.58. The molecule has 0 radical (unpaired) electrons. The fourth-order valence-electron chi connectivity index (χ4n) is 6.58. The van der Waals surface area contributed by atoms with E-state index in [9.17, 15) is 4.79 Å². The van der Waals surface area contributed by atoms with Gasteiger partial charge in [-0.1, -0.05) is 73.2 Å². The Balaban J connectivity index is 1.68. The third-order valence-corrected chi connectivity index (χ3v) is 7.78. The Labute approximate surface area is 185 Å². The standard InChI is InChI=1S/C29H29NO/c1-30(2)29-21-26(31)28(20-12-11-19-25(28)29)27(23-16-7-4-8-17-23)24(29)18-10-9-15-22-13-5-3-6-14-22/h3-8,10,13-14,16-18,25H,11-12,19-21H2,1-2H3/b18-10+/t25-,28-,29-/m1/s1. The van der Waals surface area contributed by atoms with Crippen molar-refractivity contribution in [1.29, 1.82) is 0 Å². The lowest BCUT2D eigenvalue weighted by Crippen LogP contribution is -2.48. The summed E-state index contributed by atoms with van der Waals surface area (Å²) in [7, 11) is 4.30. The lowest BCUT2D eigenvalue weighted by atomic mass is 9.64. The summed E-state index contributed by atoms with van der Waals surface area (Å²) in [5.74, 6) is 7.27. The van der Waals surface area contributed by atoms with Crippen molar-refractivity contribution >= 4 is 11.4 Å². The molecule has 0 N–H and O–H groups in total. The van der Waals surface area contributed by atoms with Gasteiger partial charge in [0.05, 0.1) is 11.0 Å². The highest BCUT2D eigenvalue weighted by Crippen LogP contribution is 2.70. The molecule has 2 saturated carbocycles. The summed E-state index contributed by atoms with van der Waals surface area (Å²) in [4.78, 5) is 16.0. The van der Waals surface area contributed by atoms with Gasteiger partial charge >= 0.3 is 0 Å². The number of hydrogen-bond acceptors (Lipinski definition) is 2. The highest BCUT2D eigenvalue weighted by Gasteiger charge is 2.71. The maximum Gasteiger partial charge on any atom is 0.146 e. The zero-order chi connectivity index (χ0) is 21.5. The molecule has 2 bridgehead atoms. The van der Waals surface area contributed by atoms with Crippen LogP contribution in [0, 0.1) is 23.2 Å². The maximum atomic E-state index is 13.6. The molecule has 3 aliphatic carbocycles. The van der Waals surface area contributed by atoms with Gasteiger partial charge in [0.25, 0.3) is 0 Å². The smallest absolute Gasteiger partial charge is 0.146 e. The molecule has 2 heteroatoms. The van der Waals surface area contributed by atoms with Crippen molar-refractivity contribution in [2.24, 2.45) is 11.3 Å². The number of allylic oxidation sites excluding steroid dienone is 2. The second-order valence-corrected chi connectivity index (χ2v) is 9.31. The van der Waals surface area contributed by atoms with Gasteiger partial charge in [-0.25, -0.2) is 0 Å². The van der Waals surface area contributed by atoms with E-state index in [4.69, 9.17) is 0 Å². The first-order valence-electron chi connectivity index (χ1n) is 11.4. The van der Waals surface area contributed by atoms with Gasteiger partial charge in [0.2, 0.25) is 0 Å². The first-order valence-corrected chi connectivity index (χ1v) is 11.4. The Bertz CT molecular complexity index is 1120. The van der Waals surface area contributed by atoms with E-state index in [0.717, 1.165) is 24.8 Å². The third kappa shape index (κ3) is 2.87. The molecule has 2 nitrogen and oxygen atoms in total. The van der Waals surface area contributed by atoms with E-state index in [1.165, 1.54) is 23.1 Å². The molecule has 0 heterocycles. The Morgan fingerprint density at radius 1 is 1.00 bits per heavy atom. The molecule has 0 amide bonds. The summed E-state index contributed by atoms with van der Waals surface area (Å²) in [6.07, 6.45) is 9.26. The summed E-state index contributed by atoms with van der Waals surface area (Å²) in [6, 6.07) is 20.7. The van der Waals surface area contributed by atoms with Crippen molar-refractivity contribution in [1.82, 2.24) is 4.90 Å². The Morgan fingerprint density at radius 2 is 1.71 bits per heavy atom. The van der Waals surface area contributed by atoms with Crippen LogP contribution in [0.5, 0.6) is 0 Å². The van der Waals surface area contributed by atoms with Crippen LogP contribution in [-0.4, -0.2) is 30.3 Å². The van der Waals surface area contributed by atoms with Gasteiger partial charge in [0, 0.05) is 12.0 Å². The second kappa shape index (κ2) is 7.66. The van der Waals surface area contributed by atoms with Crippen LogP contribution in [0.15, 0.2) is 78.4 Å². The first kappa shape index (κ1) is 20.0. The summed E-state index contributed by atoms with van der Waals surface area (Å²) < 4.78 is 0. The molecule has 2 aromatic carbocycles. The molecule has 2 aromatic rings. The highest BCUT2D eigenvalue weighted by atomic mass is 16.1. The Hall–Kier alpha value is -2.89. The molecule has 2 fully saturated rings. The van der Waals surface area contributed by atoms with Gasteiger partial charge in [-0.05, 0) is 73.8 Å². The van der Waals surface area contributed by atoms with E-state index >= 15 is 0 Å². The summed E-state index contributed by atoms with van der Waals surface area (Å²) in [6.45, 7) is 0. The van der Waals surface area contributed by atoms with Crippen molar-refractivity contribution in [3.05, 3.63) is 89.5 Å². The Kier molecular flexibility index (Phi) is 4.95. The number of benzene rings is 2. The molecule has 0 saturated heterocycles. The van der Waals surface area contributed by atoms with Gasteiger partial charge in [0.15, 0.2) is 0 Å². The van der Waals surface area contributed by atoms with Crippen LogP contribution in [0.3, 0.4) is 0 Å². The van der Waals surface area contributed by atoms with E-state index in [-0.39, 0.29) is 11.0 Å². The van der Waals surface area contributed by atoms with Crippen LogP contribution < -0.4 is 0 Å². The van der Waals surface area contributed by atoms with E-state index < -0.39 is 0 Å². The maximum absolute atomic E-state index is 13.6. The predicted octanol–water partition coefficient (Wildman–Crippen LogP) is 5.51. The zero-order valence-corrected chi connectivity index (χ0v) is 18.4. The summed E-state index contributed by atoms with van der Waals surface area (Å²) in [5, 5.41) is 0. The minimum atomic E-state index is -0.337. The van der Waals surface area contributed by atoms with Gasteiger partial charge in [-0.3, -0.25) is 9.69 Å². The van der Waals surface area contributed by atoms with Crippen LogP contribution in [0.25, 0.3) is 5.57 Å². The van der Waals surface area contributed by atoms with Gasteiger partial charge in [0.1, 0.15) is 5.78 Å². The second-order valence-electron chi connectivity index (χ2n) is 9.31. The predicted molar refractivity (Wildman–Crippen MR) is 126 cm³/mol. The molecular formula is C29H29NO. The molecule has 3 aliphatic rings. The molecule has 0 aromatic heterocycles. The average Bonchev–Trinajstić information content (AvgIpc) is 3.21. The van der Waals surface area contributed by atoms with Crippen molar-refractivity contribution in [3.8, 4) is 11.8 Å². The van der Waals surface area contributed by atoms with Crippen LogP contribution >= 0.6 is 0 Å². The number of Topliss-reactive ketones (excluding diaryl/α,β-unsaturated/α-hetero) is 1. The first-order chi connectivity index (χ1) is 15.1. The number of carbonyl (C=O) groups excluding carboxylic acids is 1. The van der Waals surface area contributed by atoms with Crippen molar-refractivity contribution in [2.45, 2.75) is 37.6 Å². The molecule has 31 heavy (non-hydrogen) atoms. The van der Waals surface area contributed by atoms with Gasteiger partial charge < -0.3 is 0 Å². The summed E-state index contributed by atoms with van der Waals surface area (Å²) in [5.41, 5.74) is 4.21. The van der Waals surface area contributed by atoms with Crippen LogP contribution in [0.1, 0.15) is 43.2 Å². The number of carbonyl (C=O) groups is 1. The van der Waals surface area contributed by atoms with Crippen LogP contribution in [0.2, 0.25) is 0 Å². The van der Waals surface area contributed by atoms with E-state index in [1.54, 1.807) is 0 Å². The number of likely N-dealkylation sites (N-methyl/N-ethyl adjacent to an activating group) is 1. The molecule has 0 unspecified atom stereocenters. The molecule has 3 atom stereocenters. The molecule has 5 rings (SSSR count).